The summed E-state index contributed by atoms with van der Waals surface area (Å²) >= 11 is 6.90. The van der Waals surface area contributed by atoms with Gasteiger partial charge in [0, 0.05) is 10.6 Å². The van der Waals surface area contributed by atoms with Crippen molar-refractivity contribution in [2.24, 2.45) is 4.99 Å². The van der Waals surface area contributed by atoms with Crippen LogP contribution in [0.25, 0.3) is 0 Å². The van der Waals surface area contributed by atoms with Gasteiger partial charge in [0.15, 0.2) is 0 Å². The molecule has 7 heteroatoms. The Morgan fingerprint density at radius 2 is 1.83 bits per heavy atom. The summed E-state index contributed by atoms with van der Waals surface area (Å²) in [6.07, 6.45) is 0. The molecule has 2 aromatic carbocycles. The van der Waals surface area contributed by atoms with E-state index in [1.165, 1.54) is 4.57 Å². The van der Waals surface area contributed by atoms with E-state index >= 15 is 0 Å². The van der Waals surface area contributed by atoms with E-state index in [-0.39, 0.29) is 11.6 Å². The van der Waals surface area contributed by atoms with Crippen LogP contribution in [0.2, 0.25) is 5.02 Å². The summed E-state index contributed by atoms with van der Waals surface area (Å²) in [6, 6.07) is 14.3. The maximum atomic E-state index is 12.3. The van der Waals surface area contributed by atoms with Crippen molar-refractivity contribution < 1.29 is 4.79 Å². The molecule has 0 aliphatic carbocycles. The minimum Gasteiger partial charge on any atom is -0.267 e. The number of carbonyl (C=O) groups is 1. The lowest BCUT2D eigenvalue weighted by atomic mass is 10.1. The van der Waals surface area contributed by atoms with Crippen LogP contribution in [-0.4, -0.2) is 14.8 Å². The molecule has 0 aliphatic rings. The molecular weight excluding hydrogens is 346 g/mol. The smallest absolute Gasteiger partial charge is 0.267 e. The van der Waals surface area contributed by atoms with Crippen molar-refractivity contribution in [1.29, 1.82) is 0 Å². The quantitative estimate of drug-likeness (QED) is 0.781. The van der Waals surface area contributed by atoms with Gasteiger partial charge >= 0.3 is 5.69 Å². The summed E-state index contributed by atoms with van der Waals surface area (Å²) in [5.74, 6) is -0.380. The van der Waals surface area contributed by atoms with Crippen LogP contribution in [0.1, 0.15) is 21.5 Å². The van der Waals surface area contributed by atoms with Crippen LogP contribution in [0.3, 0.4) is 0 Å². The lowest BCUT2D eigenvalue weighted by Gasteiger charge is -2.02. The van der Waals surface area contributed by atoms with Crippen molar-refractivity contribution in [3.05, 3.63) is 85.5 Å². The van der Waals surface area contributed by atoms with Crippen LogP contribution in [0, 0.1) is 6.92 Å². The van der Waals surface area contributed by atoms with Gasteiger partial charge in [0.25, 0.3) is 5.91 Å². The third-order valence-corrected chi connectivity index (χ3v) is 4.48. The summed E-state index contributed by atoms with van der Waals surface area (Å²) in [6.45, 7) is 2.26. The molecule has 1 amide bonds. The topological polar surface area (TPSA) is 67.2 Å². The second kappa shape index (κ2) is 6.98. The molecule has 0 fully saturated rings. The number of hydrogen-bond acceptors (Lipinski definition) is 3. The lowest BCUT2D eigenvalue weighted by Crippen LogP contribution is -2.27. The molecule has 0 unspecified atom stereocenters. The molecule has 3 aromatic rings. The molecule has 0 bridgehead atoms. The highest BCUT2D eigenvalue weighted by molar-refractivity contribution is 7.02. The van der Waals surface area contributed by atoms with Crippen molar-refractivity contribution in [3.63, 3.8) is 0 Å². The summed E-state index contributed by atoms with van der Waals surface area (Å²) in [5.41, 5.74) is 2.15. The van der Waals surface area contributed by atoms with Crippen LogP contribution in [0.4, 0.5) is 0 Å². The van der Waals surface area contributed by atoms with Crippen LogP contribution in [0.5, 0.6) is 0 Å². The maximum Gasteiger partial charge on any atom is 0.337 e. The molecule has 0 saturated carbocycles. The molecular formula is C17H14ClN3O2S. The number of nitrogens with zero attached hydrogens (tertiary/aromatic N) is 2. The van der Waals surface area contributed by atoms with Gasteiger partial charge in [-0.1, -0.05) is 41.4 Å². The summed E-state index contributed by atoms with van der Waals surface area (Å²) in [5, 5.41) is 0.627. The van der Waals surface area contributed by atoms with Crippen molar-refractivity contribution in [2.75, 3.05) is 0 Å². The summed E-state index contributed by atoms with van der Waals surface area (Å²) < 4.78 is 4.04. The molecule has 0 aliphatic heterocycles. The molecule has 0 saturated heterocycles. The molecule has 24 heavy (non-hydrogen) atoms. The van der Waals surface area contributed by atoms with E-state index < -0.39 is 0 Å². The number of halogens is 1. The molecule has 0 spiro atoms. The first-order chi connectivity index (χ1) is 11.5. The first-order valence-corrected chi connectivity index (χ1v) is 8.41. The number of benzene rings is 2. The van der Waals surface area contributed by atoms with Gasteiger partial charge in [-0.3, -0.25) is 13.7 Å². The largest absolute Gasteiger partial charge is 0.337 e. The third-order valence-electron chi connectivity index (χ3n) is 3.46. The number of rotatable bonds is 3. The molecule has 5 nitrogen and oxygen atoms in total. The number of carbonyl (C=O) groups excluding carboxylic acids is 1. The number of hydrogen-bond donors (Lipinski definition) is 1. The Morgan fingerprint density at radius 1 is 1.17 bits per heavy atom. The van der Waals surface area contributed by atoms with Gasteiger partial charge < -0.3 is 0 Å². The average Bonchev–Trinajstić information content (AvgIpc) is 2.90. The second-order valence-electron chi connectivity index (χ2n) is 5.29. The van der Waals surface area contributed by atoms with Crippen molar-refractivity contribution in [3.8, 4) is 0 Å². The van der Waals surface area contributed by atoms with Crippen molar-refractivity contribution in [2.45, 2.75) is 13.5 Å². The Bertz CT molecular complexity index is 982. The van der Waals surface area contributed by atoms with E-state index in [1.807, 2.05) is 31.2 Å². The predicted octanol–water partition coefficient (Wildman–Crippen LogP) is 2.99. The van der Waals surface area contributed by atoms with Gasteiger partial charge in [0.05, 0.1) is 6.54 Å². The molecule has 0 radical (unpaired) electrons. The van der Waals surface area contributed by atoms with Gasteiger partial charge in [-0.05, 0) is 48.3 Å². The third kappa shape index (κ3) is 3.72. The van der Waals surface area contributed by atoms with E-state index in [1.54, 1.807) is 24.3 Å². The second-order valence-corrected chi connectivity index (χ2v) is 6.50. The number of H-pyrrole nitrogens is 1. The summed E-state index contributed by atoms with van der Waals surface area (Å²) in [4.78, 5) is 28.7. The zero-order valence-electron chi connectivity index (χ0n) is 12.8. The number of aromatic nitrogens is 2. The molecule has 1 heterocycles. The van der Waals surface area contributed by atoms with E-state index in [0.717, 1.165) is 22.7 Å². The van der Waals surface area contributed by atoms with E-state index in [2.05, 4.69) is 9.37 Å². The minimum absolute atomic E-state index is 0.301. The van der Waals surface area contributed by atoms with Crippen molar-refractivity contribution >= 4 is 29.0 Å². The van der Waals surface area contributed by atoms with Crippen LogP contribution < -0.4 is 10.5 Å². The zero-order valence-corrected chi connectivity index (χ0v) is 14.4. The SMILES string of the molecule is Cc1ccc(C(=O)/N=c2\s[nH]c(=O)n2Cc2ccc(Cl)cc2)cc1. The number of aromatic amines is 1. The highest BCUT2D eigenvalue weighted by atomic mass is 35.5. The Hall–Kier alpha value is -2.44. The highest BCUT2D eigenvalue weighted by Gasteiger charge is 2.08. The van der Waals surface area contributed by atoms with Gasteiger partial charge in [0.1, 0.15) is 0 Å². The van der Waals surface area contributed by atoms with E-state index in [0.29, 0.717) is 21.9 Å². The van der Waals surface area contributed by atoms with Crippen LogP contribution in [0.15, 0.2) is 58.3 Å². The maximum absolute atomic E-state index is 12.3. The first kappa shape index (κ1) is 16.4. The van der Waals surface area contributed by atoms with E-state index in [9.17, 15) is 9.59 Å². The standard InChI is InChI=1S/C17H14ClN3O2S/c1-11-2-6-13(7-3-11)15(22)19-17-21(16(23)20-24-17)10-12-4-8-14(18)9-5-12/h2-9H,10H2,1H3,(H,20,23)/b19-17-. The fourth-order valence-electron chi connectivity index (χ4n) is 2.13. The van der Waals surface area contributed by atoms with Gasteiger partial charge in [-0.25, -0.2) is 4.79 Å². The van der Waals surface area contributed by atoms with Crippen molar-refractivity contribution in [1.82, 2.24) is 8.94 Å². The average molecular weight is 360 g/mol. The Morgan fingerprint density at radius 3 is 2.50 bits per heavy atom. The number of amides is 1. The van der Waals surface area contributed by atoms with Gasteiger partial charge in [-0.15, -0.1) is 0 Å². The Kier molecular flexibility index (Phi) is 4.78. The zero-order chi connectivity index (χ0) is 17.1. The monoisotopic (exact) mass is 359 g/mol. The fraction of sp³-hybridized carbons (Fsp3) is 0.118. The molecule has 122 valence electrons. The lowest BCUT2D eigenvalue weighted by molar-refractivity contribution is 0.0997. The van der Waals surface area contributed by atoms with Crippen LogP contribution in [-0.2, 0) is 6.54 Å². The van der Waals surface area contributed by atoms with Crippen LogP contribution >= 0.6 is 23.1 Å². The Labute approximate surface area is 147 Å². The molecule has 1 aromatic heterocycles. The molecule has 3 rings (SSSR count). The molecule has 0 atom stereocenters. The summed E-state index contributed by atoms with van der Waals surface area (Å²) in [7, 11) is 0. The van der Waals surface area contributed by atoms with E-state index in [4.69, 9.17) is 11.6 Å². The fourth-order valence-corrected chi connectivity index (χ4v) is 2.93. The molecule has 1 N–H and O–H groups in total. The number of nitrogens with one attached hydrogen (secondary N) is 1. The number of aryl methyl sites for hydroxylation is 1. The van der Waals surface area contributed by atoms with Gasteiger partial charge in [0.2, 0.25) is 4.80 Å². The Balaban J connectivity index is 1.94. The normalized spacial score (nSPS) is 11.7. The first-order valence-electron chi connectivity index (χ1n) is 7.21. The highest BCUT2D eigenvalue weighted by Crippen LogP contribution is 2.10. The minimum atomic E-state index is -0.380. The predicted molar refractivity (Wildman–Crippen MR) is 94.6 cm³/mol. The van der Waals surface area contributed by atoms with Gasteiger partial charge in [-0.2, -0.15) is 4.99 Å².